The molecule has 25 heavy (non-hydrogen) atoms. The summed E-state index contributed by atoms with van der Waals surface area (Å²) in [5.74, 6) is 0.573. The Morgan fingerprint density at radius 2 is 1.88 bits per heavy atom. The van der Waals surface area contributed by atoms with Gasteiger partial charge in [-0.05, 0) is 34.6 Å². The first-order valence-electron chi connectivity index (χ1n) is 9.09. The number of likely N-dealkylation sites (tertiary alicyclic amines) is 1. The second kappa shape index (κ2) is 8.14. The van der Waals surface area contributed by atoms with Crippen LogP contribution in [-0.2, 0) is 13.0 Å². The molecule has 0 radical (unpaired) electrons. The highest BCUT2D eigenvalue weighted by Gasteiger charge is 2.26. The Morgan fingerprint density at radius 3 is 2.60 bits per heavy atom. The van der Waals surface area contributed by atoms with E-state index in [2.05, 4.69) is 79.4 Å². The Bertz CT molecular complexity index is 768. The summed E-state index contributed by atoms with van der Waals surface area (Å²) in [4.78, 5) is 2.37. The van der Waals surface area contributed by atoms with Crippen LogP contribution in [0.3, 0.4) is 0 Å². The molecule has 3 rings (SSSR count). The second-order valence-electron chi connectivity index (χ2n) is 7.22. The normalized spacial score (nSPS) is 19.4. The molecule has 0 N–H and O–H groups in total. The predicted molar refractivity (Wildman–Crippen MR) is 103 cm³/mol. The summed E-state index contributed by atoms with van der Waals surface area (Å²) in [6, 6.07) is 21.8. The number of nitriles is 1. The summed E-state index contributed by atoms with van der Waals surface area (Å²) < 4.78 is 0. The van der Waals surface area contributed by atoms with Crippen LogP contribution in [0, 0.1) is 17.2 Å². The third-order valence-electron chi connectivity index (χ3n) is 4.92. The molecule has 0 aromatic heterocycles. The van der Waals surface area contributed by atoms with Gasteiger partial charge in [0.15, 0.2) is 0 Å². The Morgan fingerprint density at radius 1 is 1.12 bits per heavy atom. The summed E-state index contributed by atoms with van der Waals surface area (Å²) in [5, 5.41) is 9.52. The van der Waals surface area contributed by atoms with E-state index in [9.17, 15) is 5.26 Å². The molecule has 1 aliphatic rings. The van der Waals surface area contributed by atoms with Gasteiger partial charge in [0.25, 0.3) is 0 Å². The van der Waals surface area contributed by atoms with Crippen molar-refractivity contribution in [2.24, 2.45) is 5.92 Å². The lowest BCUT2D eigenvalue weighted by atomic mass is 9.98. The highest BCUT2D eigenvalue weighted by molar-refractivity contribution is 5.30. The van der Waals surface area contributed by atoms with Crippen molar-refractivity contribution in [3.63, 3.8) is 0 Å². The average molecular weight is 330 g/mol. The third kappa shape index (κ3) is 4.59. The van der Waals surface area contributed by atoms with Crippen LogP contribution in [0.25, 0.3) is 0 Å². The zero-order valence-electron chi connectivity index (χ0n) is 15.2. The van der Waals surface area contributed by atoms with Crippen molar-refractivity contribution in [3.05, 3.63) is 82.9 Å². The van der Waals surface area contributed by atoms with Gasteiger partial charge in [0.2, 0.25) is 0 Å². The number of benzene rings is 2. The van der Waals surface area contributed by atoms with Crippen molar-refractivity contribution in [1.29, 1.82) is 5.26 Å². The molecule has 0 saturated carbocycles. The summed E-state index contributed by atoms with van der Waals surface area (Å²) in [6.45, 7) is 7.10. The monoisotopic (exact) mass is 330 g/mol. The Balaban J connectivity index is 1.67. The van der Waals surface area contributed by atoms with Crippen LogP contribution in [0.5, 0.6) is 0 Å². The van der Waals surface area contributed by atoms with Crippen LogP contribution in [0.2, 0.25) is 0 Å². The first kappa shape index (κ1) is 17.5. The van der Waals surface area contributed by atoms with Crippen molar-refractivity contribution in [2.75, 3.05) is 13.1 Å². The lowest BCUT2D eigenvalue weighted by Gasteiger charge is -2.14. The minimum atomic E-state index is 0.0250. The average Bonchev–Trinajstić information content (AvgIpc) is 3.03. The molecule has 128 valence electrons. The van der Waals surface area contributed by atoms with E-state index in [0.717, 1.165) is 26.1 Å². The van der Waals surface area contributed by atoms with Crippen molar-refractivity contribution in [3.8, 4) is 6.07 Å². The summed E-state index contributed by atoms with van der Waals surface area (Å²) >= 11 is 0. The molecule has 0 spiro atoms. The van der Waals surface area contributed by atoms with Crippen molar-refractivity contribution in [1.82, 2.24) is 4.90 Å². The highest BCUT2D eigenvalue weighted by Crippen LogP contribution is 2.25. The van der Waals surface area contributed by atoms with Crippen molar-refractivity contribution < 1.29 is 0 Å². The van der Waals surface area contributed by atoms with Gasteiger partial charge in [0.05, 0.1) is 12.0 Å². The number of hydrogen-bond donors (Lipinski definition) is 0. The topological polar surface area (TPSA) is 27.0 Å². The van der Waals surface area contributed by atoms with Crippen molar-refractivity contribution in [2.45, 2.75) is 32.7 Å². The highest BCUT2D eigenvalue weighted by atomic mass is 15.1. The molecule has 0 bridgehead atoms. The standard InChI is InChI=1S/C23H26N2/c1-18(2)21-10-6-9-19(13-21)11-12-22-16-25(17-23(22)14-24)15-20-7-4-3-5-8-20/h3-10,12-13,18,23H,11,15-17H2,1-2H3/t23-/m0/s1. The smallest absolute Gasteiger partial charge is 0.0812 e. The lowest BCUT2D eigenvalue weighted by molar-refractivity contribution is 0.328. The van der Waals surface area contributed by atoms with Crippen LogP contribution in [0.4, 0.5) is 0 Å². The van der Waals surface area contributed by atoms with Crippen LogP contribution in [0.1, 0.15) is 36.5 Å². The number of rotatable bonds is 5. The number of nitrogens with zero attached hydrogens (tertiary/aromatic N) is 2. The van der Waals surface area contributed by atoms with Gasteiger partial charge >= 0.3 is 0 Å². The molecule has 2 aromatic carbocycles. The number of allylic oxidation sites excluding steroid dienone is 1. The molecule has 0 unspecified atom stereocenters. The molecular formula is C23H26N2. The molecule has 1 aliphatic heterocycles. The van der Waals surface area contributed by atoms with E-state index in [1.54, 1.807) is 0 Å². The molecule has 2 aromatic rings. The van der Waals surface area contributed by atoms with Gasteiger partial charge in [-0.25, -0.2) is 0 Å². The fourth-order valence-corrected chi connectivity index (χ4v) is 3.43. The minimum absolute atomic E-state index is 0.0250. The van der Waals surface area contributed by atoms with E-state index < -0.39 is 0 Å². The van der Waals surface area contributed by atoms with Crippen LogP contribution >= 0.6 is 0 Å². The van der Waals surface area contributed by atoms with Gasteiger partial charge in [-0.2, -0.15) is 5.26 Å². The molecule has 1 saturated heterocycles. The fourth-order valence-electron chi connectivity index (χ4n) is 3.43. The predicted octanol–water partition coefficient (Wildman–Crippen LogP) is 4.93. The summed E-state index contributed by atoms with van der Waals surface area (Å²) in [7, 11) is 0. The molecule has 0 amide bonds. The lowest BCUT2D eigenvalue weighted by Crippen LogP contribution is -2.19. The van der Waals surface area contributed by atoms with E-state index in [1.807, 2.05) is 6.07 Å². The summed E-state index contributed by atoms with van der Waals surface area (Å²) in [5.41, 5.74) is 5.29. The molecule has 1 atom stereocenters. The largest absolute Gasteiger partial charge is 0.293 e. The molecular weight excluding hydrogens is 304 g/mol. The first-order chi connectivity index (χ1) is 12.2. The van der Waals surface area contributed by atoms with Gasteiger partial charge in [-0.1, -0.05) is 74.5 Å². The van der Waals surface area contributed by atoms with E-state index >= 15 is 0 Å². The third-order valence-corrected chi connectivity index (χ3v) is 4.92. The maximum Gasteiger partial charge on any atom is 0.0812 e. The van der Waals surface area contributed by atoms with Gasteiger partial charge in [0, 0.05) is 19.6 Å². The quantitative estimate of drug-likeness (QED) is 0.727. The van der Waals surface area contributed by atoms with E-state index in [0.29, 0.717) is 5.92 Å². The Kier molecular flexibility index (Phi) is 5.68. The number of hydrogen-bond acceptors (Lipinski definition) is 2. The van der Waals surface area contributed by atoms with Gasteiger partial charge < -0.3 is 0 Å². The molecule has 1 heterocycles. The van der Waals surface area contributed by atoms with E-state index in [1.165, 1.54) is 22.3 Å². The molecule has 2 heteroatoms. The minimum Gasteiger partial charge on any atom is -0.293 e. The molecule has 0 aliphatic carbocycles. The van der Waals surface area contributed by atoms with Crippen LogP contribution in [-0.4, -0.2) is 18.0 Å². The molecule has 2 nitrogen and oxygen atoms in total. The SMILES string of the molecule is CC(C)c1cccc(CC=C2CN(Cc3ccccc3)C[C@@H]2C#N)c1. The van der Waals surface area contributed by atoms with Gasteiger partial charge in [-0.15, -0.1) is 0 Å². The van der Waals surface area contributed by atoms with Crippen molar-refractivity contribution >= 4 is 0 Å². The zero-order valence-corrected chi connectivity index (χ0v) is 15.2. The van der Waals surface area contributed by atoms with Gasteiger partial charge in [0.1, 0.15) is 0 Å². The maximum atomic E-state index is 9.52. The Hall–Kier alpha value is -2.37. The Labute approximate surface area is 151 Å². The van der Waals surface area contributed by atoms with E-state index in [4.69, 9.17) is 0 Å². The van der Waals surface area contributed by atoms with Gasteiger partial charge in [-0.3, -0.25) is 4.90 Å². The first-order valence-corrected chi connectivity index (χ1v) is 9.09. The van der Waals surface area contributed by atoms with Crippen LogP contribution in [0.15, 0.2) is 66.2 Å². The fraction of sp³-hybridized carbons (Fsp3) is 0.348. The maximum absolute atomic E-state index is 9.52. The van der Waals surface area contributed by atoms with Crippen LogP contribution < -0.4 is 0 Å². The zero-order chi connectivity index (χ0) is 17.6. The van der Waals surface area contributed by atoms with E-state index in [-0.39, 0.29) is 5.92 Å². The molecule has 1 fully saturated rings. The second-order valence-corrected chi connectivity index (χ2v) is 7.22. The summed E-state index contributed by atoms with van der Waals surface area (Å²) in [6.07, 6.45) is 3.19.